The molecule has 0 radical (unpaired) electrons. The molecular formula is C21H24Br2N2O2S. The summed E-state index contributed by atoms with van der Waals surface area (Å²) in [6.07, 6.45) is 9.92. The molecule has 4 aliphatic rings. The fourth-order valence-electron chi connectivity index (χ4n) is 5.59. The zero-order valence-corrected chi connectivity index (χ0v) is 19.7. The zero-order valence-electron chi connectivity index (χ0n) is 15.7. The highest BCUT2D eigenvalue weighted by atomic mass is 79.9. The van der Waals surface area contributed by atoms with Crippen LogP contribution in [0.4, 0.5) is 0 Å². The summed E-state index contributed by atoms with van der Waals surface area (Å²) in [5, 5.41) is 6.70. The van der Waals surface area contributed by atoms with Gasteiger partial charge >= 0.3 is 0 Å². The van der Waals surface area contributed by atoms with Crippen LogP contribution in [-0.2, 0) is 4.79 Å². The van der Waals surface area contributed by atoms with E-state index < -0.39 is 0 Å². The Bertz CT molecular complexity index is 799. The molecule has 4 nitrogen and oxygen atoms in total. The molecule has 0 unspecified atom stereocenters. The normalized spacial score (nSPS) is 30.5. The lowest BCUT2D eigenvalue weighted by Gasteiger charge is -2.54. The Hall–Kier alpha value is -0.920. The van der Waals surface area contributed by atoms with Crippen LogP contribution in [0.25, 0.3) is 6.08 Å². The lowest BCUT2D eigenvalue weighted by molar-refractivity contribution is -0.115. The van der Waals surface area contributed by atoms with Crippen LogP contribution in [0.2, 0.25) is 0 Å². The minimum absolute atomic E-state index is 0.237. The molecule has 4 bridgehead atoms. The van der Waals surface area contributed by atoms with Crippen LogP contribution < -0.4 is 15.4 Å². The molecule has 7 heteroatoms. The first-order valence-electron chi connectivity index (χ1n) is 9.75. The third kappa shape index (κ3) is 4.31. The predicted octanol–water partition coefficient (Wildman–Crippen LogP) is 5.05. The van der Waals surface area contributed by atoms with Gasteiger partial charge in [-0.2, -0.15) is 0 Å². The summed E-state index contributed by atoms with van der Waals surface area (Å²) in [5.74, 6) is 3.72. The van der Waals surface area contributed by atoms with Crippen LogP contribution in [0.1, 0.15) is 37.7 Å². The lowest BCUT2D eigenvalue weighted by Crippen LogP contribution is -2.57. The molecule has 0 aliphatic heterocycles. The van der Waals surface area contributed by atoms with Crippen LogP contribution in [-0.4, -0.2) is 24.2 Å². The molecule has 0 aromatic heterocycles. The van der Waals surface area contributed by atoms with Crippen molar-refractivity contribution in [2.45, 2.75) is 38.1 Å². The first kappa shape index (κ1) is 20.4. The number of hydrogen-bond donors (Lipinski definition) is 2. The van der Waals surface area contributed by atoms with Gasteiger partial charge in [-0.1, -0.05) is 15.9 Å². The number of carbonyl (C=O) groups excluding carboxylic acids is 1. The topological polar surface area (TPSA) is 50.4 Å². The molecule has 4 aliphatic carbocycles. The van der Waals surface area contributed by atoms with Gasteiger partial charge in [0.25, 0.3) is 0 Å². The molecule has 5 rings (SSSR count). The molecular weight excluding hydrogens is 504 g/mol. The average molecular weight is 528 g/mol. The SMILES string of the molecule is COc1c(Br)cc(Br)cc1/C=C/C(=O)NC(=S)NC1C2CC3CC(C2)CC1C3. The molecule has 1 aromatic carbocycles. The maximum absolute atomic E-state index is 12.4. The van der Waals surface area contributed by atoms with Crippen LogP contribution in [0.15, 0.2) is 27.2 Å². The summed E-state index contributed by atoms with van der Waals surface area (Å²) in [6.45, 7) is 0. The smallest absolute Gasteiger partial charge is 0.250 e. The highest BCUT2D eigenvalue weighted by molar-refractivity contribution is 9.11. The number of nitrogens with one attached hydrogen (secondary N) is 2. The number of halogens is 2. The number of carbonyl (C=O) groups is 1. The summed E-state index contributed by atoms with van der Waals surface area (Å²) >= 11 is 12.4. The molecule has 150 valence electrons. The number of hydrogen-bond acceptors (Lipinski definition) is 3. The number of benzene rings is 1. The van der Waals surface area contributed by atoms with Crippen molar-refractivity contribution in [1.29, 1.82) is 0 Å². The van der Waals surface area contributed by atoms with Gasteiger partial charge in [0.2, 0.25) is 5.91 Å². The fraction of sp³-hybridized carbons (Fsp3) is 0.524. The van der Waals surface area contributed by atoms with Crippen molar-refractivity contribution in [3.05, 3.63) is 32.7 Å². The molecule has 1 aromatic rings. The van der Waals surface area contributed by atoms with E-state index in [9.17, 15) is 4.79 Å². The van der Waals surface area contributed by atoms with Gasteiger partial charge in [0.15, 0.2) is 5.11 Å². The highest BCUT2D eigenvalue weighted by Crippen LogP contribution is 2.53. The van der Waals surface area contributed by atoms with Crippen molar-refractivity contribution in [3.63, 3.8) is 0 Å². The summed E-state index contributed by atoms with van der Waals surface area (Å²) in [4.78, 5) is 12.4. The lowest BCUT2D eigenvalue weighted by atomic mass is 9.54. The van der Waals surface area contributed by atoms with E-state index in [1.807, 2.05) is 12.1 Å². The van der Waals surface area contributed by atoms with Crippen LogP contribution in [0, 0.1) is 23.7 Å². The number of ether oxygens (including phenoxy) is 1. The van der Waals surface area contributed by atoms with Crippen LogP contribution in [0.5, 0.6) is 5.75 Å². The standard InChI is InChI=1S/C21H24Br2N2O2S/c1-27-20-13(9-16(22)10-17(20)23)2-3-18(26)24-21(28)25-19-14-5-11-4-12(7-14)8-15(19)6-11/h2-3,9-12,14-15,19H,4-8H2,1H3,(H2,24,25,26,28)/b3-2+. The first-order valence-corrected chi connectivity index (χ1v) is 11.7. The van der Waals surface area contributed by atoms with Crippen molar-refractivity contribution in [1.82, 2.24) is 10.6 Å². The van der Waals surface area contributed by atoms with Gasteiger partial charge in [-0.05, 0) is 102 Å². The molecule has 0 spiro atoms. The molecule has 2 N–H and O–H groups in total. The Morgan fingerprint density at radius 3 is 2.39 bits per heavy atom. The van der Waals surface area contributed by atoms with Gasteiger partial charge in [-0.15, -0.1) is 0 Å². The van der Waals surface area contributed by atoms with Crippen molar-refractivity contribution in [3.8, 4) is 5.75 Å². The molecule has 4 fully saturated rings. The van der Waals surface area contributed by atoms with E-state index >= 15 is 0 Å². The molecule has 0 atom stereocenters. The van der Waals surface area contributed by atoms with Crippen molar-refractivity contribution >= 4 is 61.2 Å². The van der Waals surface area contributed by atoms with Gasteiger partial charge < -0.3 is 10.1 Å². The second-order valence-corrected chi connectivity index (χ2v) is 10.4. The van der Waals surface area contributed by atoms with E-state index in [2.05, 4.69) is 42.5 Å². The summed E-state index contributed by atoms with van der Waals surface area (Å²) < 4.78 is 7.14. The van der Waals surface area contributed by atoms with Gasteiger partial charge in [-0.3, -0.25) is 10.1 Å². The monoisotopic (exact) mass is 526 g/mol. The van der Waals surface area contributed by atoms with E-state index in [1.54, 1.807) is 13.2 Å². The average Bonchev–Trinajstić information content (AvgIpc) is 2.62. The molecule has 28 heavy (non-hydrogen) atoms. The van der Waals surface area contributed by atoms with E-state index in [-0.39, 0.29) is 5.91 Å². The Balaban J connectivity index is 1.35. The molecule has 4 saturated carbocycles. The number of amides is 1. The van der Waals surface area contributed by atoms with Crippen molar-refractivity contribution in [2.24, 2.45) is 23.7 Å². The van der Waals surface area contributed by atoms with Crippen LogP contribution >= 0.6 is 44.1 Å². The second-order valence-electron chi connectivity index (χ2n) is 8.26. The maximum atomic E-state index is 12.4. The largest absolute Gasteiger partial charge is 0.495 e. The van der Waals surface area contributed by atoms with Gasteiger partial charge in [0.1, 0.15) is 5.75 Å². The molecule has 1 amide bonds. The summed E-state index contributed by atoms with van der Waals surface area (Å²) in [6, 6.07) is 4.23. The quantitative estimate of drug-likeness (QED) is 0.425. The second kappa shape index (κ2) is 8.44. The highest BCUT2D eigenvalue weighted by Gasteiger charge is 2.48. The van der Waals surface area contributed by atoms with Gasteiger partial charge in [0, 0.05) is 22.2 Å². The number of methoxy groups -OCH3 is 1. The number of rotatable bonds is 4. The van der Waals surface area contributed by atoms with Crippen molar-refractivity contribution < 1.29 is 9.53 Å². The Kier molecular flexibility index (Phi) is 6.14. The zero-order chi connectivity index (χ0) is 19.8. The Morgan fingerprint density at radius 1 is 1.14 bits per heavy atom. The van der Waals surface area contributed by atoms with E-state index in [0.29, 0.717) is 28.7 Å². The van der Waals surface area contributed by atoms with E-state index in [0.717, 1.165) is 26.3 Å². The minimum Gasteiger partial charge on any atom is -0.495 e. The van der Waals surface area contributed by atoms with E-state index in [1.165, 1.54) is 38.2 Å². The minimum atomic E-state index is -0.237. The predicted molar refractivity (Wildman–Crippen MR) is 122 cm³/mol. The van der Waals surface area contributed by atoms with Crippen LogP contribution in [0.3, 0.4) is 0 Å². The molecule has 0 saturated heterocycles. The van der Waals surface area contributed by atoms with Crippen molar-refractivity contribution in [2.75, 3.05) is 7.11 Å². The number of thiocarbonyl (C=S) groups is 1. The van der Waals surface area contributed by atoms with Gasteiger partial charge in [0.05, 0.1) is 11.6 Å². The van der Waals surface area contributed by atoms with E-state index in [4.69, 9.17) is 17.0 Å². The Morgan fingerprint density at radius 2 is 1.79 bits per heavy atom. The first-order chi connectivity index (χ1) is 13.4. The summed E-state index contributed by atoms with van der Waals surface area (Å²) in [5.41, 5.74) is 0.804. The third-order valence-corrected chi connectivity index (χ3v) is 7.68. The molecule has 0 heterocycles. The maximum Gasteiger partial charge on any atom is 0.250 e. The van der Waals surface area contributed by atoms with Gasteiger partial charge in [-0.25, -0.2) is 0 Å². The fourth-order valence-corrected chi connectivity index (χ4v) is 7.24. The Labute approximate surface area is 188 Å². The third-order valence-electron chi connectivity index (χ3n) is 6.42. The summed E-state index contributed by atoms with van der Waals surface area (Å²) in [7, 11) is 1.61.